The molecule has 3 aliphatic heterocycles. The average Bonchev–Trinajstić information content (AvgIpc) is 3.67. The Hall–Kier alpha value is -4.54. The lowest BCUT2D eigenvalue weighted by molar-refractivity contribution is -0.137. The molecule has 7 rings (SSSR count). The first kappa shape index (κ1) is 21.7. The summed E-state index contributed by atoms with van der Waals surface area (Å²) in [5, 5.41) is 3.97. The van der Waals surface area contributed by atoms with Crippen LogP contribution in [0, 0.1) is 0 Å². The third kappa shape index (κ3) is 3.13. The highest BCUT2D eigenvalue weighted by Gasteiger charge is 2.57. The Morgan fingerprint density at radius 2 is 1.68 bits per heavy atom. The van der Waals surface area contributed by atoms with Crippen molar-refractivity contribution in [3.8, 4) is 28.7 Å². The summed E-state index contributed by atoms with van der Waals surface area (Å²) in [5.41, 5.74) is 0.641. The highest BCUT2D eigenvalue weighted by molar-refractivity contribution is 6.11. The number of amides is 1. The number of aromatic nitrogens is 2. The van der Waals surface area contributed by atoms with E-state index >= 15 is 0 Å². The summed E-state index contributed by atoms with van der Waals surface area (Å²) in [6.45, 7) is 0.212. The topological polar surface area (TPSA) is 86.9 Å². The van der Waals surface area contributed by atoms with Crippen LogP contribution in [0.5, 0.6) is 17.2 Å². The number of anilines is 1. The summed E-state index contributed by atoms with van der Waals surface area (Å²) >= 11 is 0. The maximum atomic E-state index is 14.0. The zero-order valence-electron chi connectivity index (χ0n) is 18.9. The minimum atomic E-state index is -4.44. The number of hydrogen-bond donors (Lipinski definition) is 0. The number of para-hydroxylation sites is 1. The largest absolute Gasteiger partial charge is 0.491 e. The Bertz CT molecular complexity index is 1570. The molecule has 0 radical (unpaired) electrons. The molecule has 1 atom stereocenters. The molecule has 1 spiro atoms. The van der Waals surface area contributed by atoms with Gasteiger partial charge in [-0.3, -0.25) is 4.79 Å². The lowest BCUT2D eigenvalue weighted by Crippen LogP contribution is -2.42. The van der Waals surface area contributed by atoms with Crippen molar-refractivity contribution < 1.29 is 36.7 Å². The number of alkyl halides is 3. The maximum Gasteiger partial charge on any atom is 0.416 e. The fraction of sp³-hybridized carbons (Fsp3) is 0.192. The highest BCUT2D eigenvalue weighted by atomic mass is 19.4. The molecule has 4 aromatic rings. The van der Waals surface area contributed by atoms with E-state index in [0.29, 0.717) is 34.1 Å². The number of carbonyl (C=O) groups is 1. The van der Waals surface area contributed by atoms with Gasteiger partial charge < -0.3 is 23.6 Å². The molecule has 0 aliphatic carbocycles. The molecule has 11 heteroatoms. The zero-order chi connectivity index (χ0) is 25.4. The van der Waals surface area contributed by atoms with Crippen LogP contribution in [-0.4, -0.2) is 29.4 Å². The Kier molecular flexibility index (Phi) is 4.39. The summed E-state index contributed by atoms with van der Waals surface area (Å²) in [4.78, 5) is 19.9. The maximum absolute atomic E-state index is 14.0. The van der Waals surface area contributed by atoms with Gasteiger partial charge >= 0.3 is 6.18 Å². The van der Waals surface area contributed by atoms with Gasteiger partial charge in [-0.05, 0) is 42.0 Å². The minimum Gasteiger partial charge on any atom is -0.491 e. The molecule has 8 nitrogen and oxygen atoms in total. The van der Waals surface area contributed by atoms with E-state index in [1.54, 1.807) is 17.0 Å². The molecule has 0 bridgehead atoms. The Morgan fingerprint density at radius 1 is 0.919 bits per heavy atom. The number of rotatable bonds is 3. The van der Waals surface area contributed by atoms with Crippen LogP contribution in [0.1, 0.15) is 22.5 Å². The van der Waals surface area contributed by atoms with Gasteiger partial charge in [0.1, 0.15) is 17.8 Å². The minimum absolute atomic E-state index is 0.00160. The second kappa shape index (κ2) is 7.48. The second-order valence-electron chi connectivity index (χ2n) is 8.89. The fourth-order valence-corrected chi connectivity index (χ4v) is 5.10. The summed E-state index contributed by atoms with van der Waals surface area (Å²) in [6, 6.07) is 15.4. The molecular formula is C26H16F3N3O5. The molecule has 3 aromatic carbocycles. The second-order valence-corrected chi connectivity index (χ2v) is 8.89. The van der Waals surface area contributed by atoms with E-state index in [9.17, 15) is 18.0 Å². The Labute approximate surface area is 207 Å². The first-order chi connectivity index (χ1) is 17.8. The van der Waals surface area contributed by atoms with Gasteiger partial charge in [0.25, 0.3) is 5.89 Å². The van der Waals surface area contributed by atoms with Gasteiger partial charge in [0.05, 0.1) is 12.1 Å². The zero-order valence-corrected chi connectivity index (χ0v) is 18.9. The molecule has 1 unspecified atom stereocenters. The van der Waals surface area contributed by atoms with E-state index in [1.165, 1.54) is 12.1 Å². The van der Waals surface area contributed by atoms with Crippen molar-refractivity contribution in [3.63, 3.8) is 0 Å². The monoisotopic (exact) mass is 507 g/mol. The van der Waals surface area contributed by atoms with Crippen LogP contribution in [-0.2, 0) is 22.9 Å². The van der Waals surface area contributed by atoms with Gasteiger partial charge in [0, 0.05) is 22.9 Å². The number of ether oxygens (including phenoxy) is 3. The molecular weight excluding hydrogens is 491 g/mol. The van der Waals surface area contributed by atoms with Crippen LogP contribution in [0.2, 0.25) is 0 Å². The van der Waals surface area contributed by atoms with E-state index in [2.05, 4.69) is 10.1 Å². The predicted molar refractivity (Wildman–Crippen MR) is 121 cm³/mol. The van der Waals surface area contributed by atoms with Crippen LogP contribution >= 0.6 is 0 Å². The van der Waals surface area contributed by atoms with Crippen LogP contribution in [0.4, 0.5) is 18.9 Å². The van der Waals surface area contributed by atoms with E-state index in [1.807, 2.05) is 24.3 Å². The van der Waals surface area contributed by atoms with E-state index in [4.69, 9.17) is 18.7 Å². The third-order valence-electron chi connectivity index (χ3n) is 6.87. The molecule has 0 saturated heterocycles. The smallest absolute Gasteiger partial charge is 0.416 e. The number of carbonyl (C=O) groups excluding carboxylic acids is 1. The molecule has 3 aliphatic rings. The van der Waals surface area contributed by atoms with Gasteiger partial charge in [-0.2, -0.15) is 18.2 Å². The Morgan fingerprint density at radius 3 is 2.46 bits per heavy atom. The van der Waals surface area contributed by atoms with E-state index < -0.39 is 17.2 Å². The van der Waals surface area contributed by atoms with E-state index in [0.717, 1.165) is 17.7 Å². The molecule has 0 saturated carbocycles. The molecule has 186 valence electrons. The van der Waals surface area contributed by atoms with Crippen molar-refractivity contribution in [2.24, 2.45) is 0 Å². The van der Waals surface area contributed by atoms with Gasteiger partial charge in [0.2, 0.25) is 12.7 Å². The Balaban J connectivity index is 1.23. The van der Waals surface area contributed by atoms with Gasteiger partial charge in [-0.15, -0.1) is 0 Å². The molecule has 1 amide bonds. The molecule has 0 fully saturated rings. The number of fused-ring (bicyclic) bond motifs is 5. The van der Waals surface area contributed by atoms with Crippen molar-refractivity contribution in [2.45, 2.75) is 18.1 Å². The molecule has 0 N–H and O–H groups in total. The SMILES string of the molecule is O=C1N(Cc2noc(-c3ccc(C(F)(F)F)cc3)n2)c2ccccc2C12COc1cc3c(cc12)OCO3. The van der Waals surface area contributed by atoms with Crippen LogP contribution in [0.15, 0.2) is 65.2 Å². The van der Waals surface area contributed by atoms with Crippen LogP contribution < -0.4 is 19.1 Å². The number of nitrogens with zero attached hydrogens (tertiary/aromatic N) is 3. The quantitative estimate of drug-likeness (QED) is 0.397. The standard InChI is InChI=1S/C26H16F3N3O5/c27-26(28,29)15-7-5-14(6-8-15)23-30-22(31-37-23)11-32-18-4-2-1-3-16(18)25(24(32)33)12-34-19-10-21-20(9-17(19)25)35-13-36-21/h1-10H,11-13H2. The number of halogens is 3. The summed E-state index contributed by atoms with van der Waals surface area (Å²) in [5.74, 6) is 1.71. The first-order valence-corrected chi connectivity index (χ1v) is 11.3. The number of hydrogen-bond acceptors (Lipinski definition) is 7. The van der Waals surface area contributed by atoms with Gasteiger partial charge in [-0.25, -0.2) is 0 Å². The lowest BCUT2D eigenvalue weighted by atomic mass is 9.77. The van der Waals surface area contributed by atoms with Crippen molar-refractivity contribution in [3.05, 3.63) is 83.2 Å². The van der Waals surface area contributed by atoms with Crippen molar-refractivity contribution in [2.75, 3.05) is 18.3 Å². The number of benzene rings is 3. The molecule has 1 aromatic heterocycles. The predicted octanol–water partition coefficient (Wildman–Crippen LogP) is 4.71. The van der Waals surface area contributed by atoms with Crippen molar-refractivity contribution in [1.29, 1.82) is 0 Å². The van der Waals surface area contributed by atoms with Crippen LogP contribution in [0.3, 0.4) is 0 Å². The summed E-state index contributed by atoms with van der Waals surface area (Å²) in [6.07, 6.45) is -4.44. The average molecular weight is 507 g/mol. The van der Waals surface area contributed by atoms with Gasteiger partial charge in [-0.1, -0.05) is 23.4 Å². The van der Waals surface area contributed by atoms with Crippen molar-refractivity contribution >= 4 is 11.6 Å². The normalized spacial score (nSPS) is 19.3. The fourth-order valence-electron chi connectivity index (χ4n) is 5.10. The molecule has 37 heavy (non-hydrogen) atoms. The summed E-state index contributed by atoms with van der Waals surface area (Å²) < 4.78 is 60.9. The van der Waals surface area contributed by atoms with Crippen LogP contribution in [0.25, 0.3) is 11.5 Å². The molecule has 4 heterocycles. The summed E-state index contributed by atoms with van der Waals surface area (Å²) in [7, 11) is 0. The van der Waals surface area contributed by atoms with Gasteiger partial charge in [0.15, 0.2) is 17.3 Å². The third-order valence-corrected chi connectivity index (χ3v) is 6.87. The highest BCUT2D eigenvalue weighted by Crippen LogP contribution is 2.55. The van der Waals surface area contributed by atoms with E-state index in [-0.39, 0.29) is 37.6 Å². The van der Waals surface area contributed by atoms with Crippen molar-refractivity contribution in [1.82, 2.24) is 10.1 Å². The lowest BCUT2D eigenvalue weighted by Gasteiger charge is -2.22. The first-order valence-electron chi connectivity index (χ1n) is 11.3.